The summed E-state index contributed by atoms with van der Waals surface area (Å²) in [4.78, 5) is 32.4. The molecule has 0 aromatic heterocycles. The minimum absolute atomic E-state index is 0.0530. The second kappa shape index (κ2) is 8.02. The molecule has 0 spiro atoms. The summed E-state index contributed by atoms with van der Waals surface area (Å²) in [5.41, 5.74) is 0.290. The maximum Gasteiger partial charge on any atom is 0.309 e. The molecule has 1 aromatic carbocycles. The summed E-state index contributed by atoms with van der Waals surface area (Å²) >= 11 is 0. The highest BCUT2D eigenvalue weighted by Gasteiger charge is 2.14. The van der Waals surface area contributed by atoms with Gasteiger partial charge in [-0.3, -0.25) is 14.4 Å². The van der Waals surface area contributed by atoms with Gasteiger partial charge in [0, 0.05) is 11.6 Å². The Labute approximate surface area is 127 Å². The summed E-state index contributed by atoms with van der Waals surface area (Å²) in [6, 6.07) is 4.39. The zero-order valence-electron chi connectivity index (χ0n) is 12.3. The normalized spacial score (nSPS) is 13.0. The summed E-state index contributed by atoms with van der Waals surface area (Å²) < 4.78 is 10.7. The molecule has 22 heavy (non-hydrogen) atoms. The first-order valence-electron chi connectivity index (χ1n) is 6.65. The fourth-order valence-corrected chi connectivity index (χ4v) is 1.41. The van der Waals surface area contributed by atoms with Crippen molar-refractivity contribution < 1.29 is 34.1 Å². The van der Waals surface area contributed by atoms with Crippen LogP contribution in [0.1, 0.15) is 24.2 Å². The molecule has 0 bridgehead atoms. The fraction of sp³-hybridized carbons (Fsp3) is 0.400. The van der Waals surface area contributed by atoms with E-state index in [0.29, 0.717) is 11.8 Å². The zero-order chi connectivity index (χ0) is 16.7. The van der Waals surface area contributed by atoms with Crippen LogP contribution in [0.15, 0.2) is 18.2 Å². The summed E-state index contributed by atoms with van der Waals surface area (Å²) in [5, 5.41) is 17.6. The Morgan fingerprint density at radius 3 is 1.73 bits per heavy atom. The van der Waals surface area contributed by atoms with Crippen molar-refractivity contribution in [2.75, 3.05) is 13.2 Å². The lowest BCUT2D eigenvalue weighted by Crippen LogP contribution is -2.18. The first-order chi connectivity index (χ1) is 10.3. The van der Waals surface area contributed by atoms with E-state index in [1.165, 1.54) is 32.0 Å². The molecule has 7 heteroatoms. The Hall–Kier alpha value is -2.57. The molecule has 2 atom stereocenters. The first kappa shape index (κ1) is 17.5. The molecule has 0 aliphatic heterocycles. The average molecular weight is 310 g/mol. The highest BCUT2D eigenvalue weighted by atomic mass is 16.5. The van der Waals surface area contributed by atoms with Gasteiger partial charge in [-0.2, -0.15) is 0 Å². The number of hydrogen-bond acceptors (Lipinski definition) is 5. The number of carboxylic acid groups (broad SMARTS) is 2. The fourth-order valence-electron chi connectivity index (χ4n) is 1.41. The predicted molar refractivity (Wildman–Crippen MR) is 76.4 cm³/mol. The number of aliphatic carboxylic acids is 2. The van der Waals surface area contributed by atoms with Gasteiger partial charge in [0.1, 0.15) is 31.0 Å². The van der Waals surface area contributed by atoms with Crippen LogP contribution in [0.5, 0.6) is 11.5 Å². The maximum absolute atomic E-state index is 10.9. The van der Waals surface area contributed by atoms with Crippen LogP contribution in [0.3, 0.4) is 0 Å². The van der Waals surface area contributed by atoms with E-state index in [0.717, 1.165) is 0 Å². The molecule has 7 nitrogen and oxygen atoms in total. The average Bonchev–Trinajstić information content (AvgIpc) is 2.49. The van der Waals surface area contributed by atoms with Crippen molar-refractivity contribution in [3.63, 3.8) is 0 Å². The van der Waals surface area contributed by atoms with E-state index >= 15 is 0 Å². The Morgan fingerprint density at radius 2 is 1.41 bits per heavy atom. The van der Waals surface area contributed by atoms with Crippen molar-refractivity contribution >= 4 is 18.2 Å². The predicted octanol–water partition coefficient (Wildman–Crippen LogP) is 1.70. The summed E-state index contributed by atoms with van der Waals surface area (Å²) in [6.07, 6.45) is 0.598. The van der Waals surface area contributed by atoms with E-state index in [9.17, 15) is 14.4 Å². The van der Waals surface area contributed by atoms with Gasteiger partial charge >= 0.3 is 11.9 Å². The van der Waals surface area contributed by atoms with Crippen LogP contribution in [-0.2, 0) is 9.59 Å². The van der Waals surface area contributed by atoms with Crippen LogP contribution in [0.4, 0.5) is 0 Å². The highest BCUT2D eigenvalue weighted by Crippen LogP contribution is 2.23. The van der Waals surface area contributed by atoms with Gasteiger partial charge in [-0.15, -0.1) is 0 Å². The number of ether oxygens (including phenoxy) is 2. The topological polar surface area (TPSA) is 110 Å². The summed E-state index contributed by atoms with van der Waals surface area (Å²) in [6.45, 7) is 2.89. The smallest absolute Gasteiger partial charge is 0.309 e. The number of benzene rings is 1. The van der Waals surface area contributed by atoms with Crippen molar-refractivity contribution in [1.82, 2.24) is 0 Å². The van der Waals surface area contributed by atoms with Crippen LogP contribution in [-0.4, -0.2) is 41.7 Å². The van der Waals surface area contributed by atoms with E-state index in [1.54, 1.807) is 0 Å². The molecular weight excluding hydrogens is 292 g/mol. The molecule has 0 amide bonds. The second-order valence-corrected chi connectivity index (χ2v) is 4.96. The van der Waals surface area contributed by atoms with Gasteiger partial charge < -0.3 is 19.7 Å². The molecule has 0 aliphatic carbocycles. The van der Waals surface area contributed by atoms with Crippen molar-refractivity contribution in [3.05, 3.63) is 23.8 Å². The molecule has 120 valence electrons. The maximum atomic E-state index is 10.9. The molecule has 2 unspecified atom stereocenters. The van der Waals surface area contributed by atoms with Gasteiger partial charge in [0.05, 0.1) is 11.8 Å². The van der Waals surface area contributed by atoms with Gasteiger partial charge in [0.2, 0.25) is 0 Å². The molecule has 0 aliphatic rings. The Morgan fingerprint density at radius 1 is 1.00 bits per heavy atom. The van der Waals surface area contributed by atoms with Crippen molar-refractivity contribution in [2.45, 2.75) is 13.8 Å². The van der Waals surface area contributed by atoms with Gasteiger partial charge in [-0.05, 0) is 26.0 Å². The molecule has 0 heterocycles. The minimum Gasteiger partial charge on any atom is -0.493 e. The Bertz CT molecular complexity index is 511. The molecule has 0 saturated carbocycles. The first-order valence-corrected chi connectivity index (χ1v) is 6.65. The lowest BCUT2D eigenvalue weighted by molar-refractivity contribution is -0.143. The quantitative estimate of drug-likeness (QED) is 0.668. The third kappa shape index (κ3) is 5.43. The number of rotatable bonds is 9. The SMILES string of the molecule is CC(COc1cc(C=O)cc(OCC(C)C(=O)O)c1)C(=O)O. The molecule has 2 N–H and O–H groups in total. The third-order valence-electron chi connectivity index (χ3n) is 2.88. The minimum atomic E-state index is -0.988. The molecule has 0 radical (unpaired) electrons. The lowest BCUT2D eigenvalue weighted by atomic mass is 10.2. The number of carbonyl (C=O) groups excluding carboxylic acids is 1. The van der Waals surface area contributed by atoms with E-state index < -0.39 is 23.8 Å². The van der Waals surface area contributed by atoms with Crippen LogP contribution in [0.25, 0.3) is 0 Å². The molecule has 0 saturated heterocycles. The van der Waals surface area contributed by atoms with Crippen molar-refractivity contribution in [1.29, 1.82) is 0 Å². The third-order valence-corrected chi connectivity index (χ3v) is 2.88. The van der Waals surface area contributed by atoms with E-state index in [4.69, 9.17) is 19.7 Å². The monoisotopic (exact) mass is 310 g/mol. The molecule has 1 aromatic rings. The van der Waals surface area contributed by atoms with Gasteiger partial charge in [-0.1, -0.05) is 0 Å². The highest BCUT2D eigenvalue weighted by molar-refractivity contribution is 5.76. The van der Waals surface area contributed by atoms with E-state index in [-0.39, 0.29) is 24.7 Å². The Kier molecular flexibility index (Phi) is 6.37. The molecule has 0 fully saturated rings. The Balaban J connectivity index is 2.77. The summed E-state index contributed by atoms with van der Waals surface area (Å²) in [5.74, 6) is -2.80. The number of hydrogen-bond donors (Lipinski definition) is 2. The van der Waals surface area contributed by atoms with Crippen LogP contribution in [0, 0.1) is 11.8 Å². The molecular formula is C15H18O7. The standard InChI is InChI=1S/C15H18O7/c1-9(14(17)18)7-21-12-3-11(6-16)4-13(5-12)22-8-10(2)15(19)20/h3-6,9-10H,7-8H2,1-2H3,(H,17,18)(H,19,20). The lowest BCUT2D eigenvalue weighted by Gasteiger charge is -2.13. The van der Waals surface area contributed by atoms with Crippen LogP contribution >= 0.6 is 0 Å². The molecule has 1 rings (SSSR count). The number of aldehydes is 1. The second-order valence-electron chi connectivity index (χ2n) is 4.96. The van der Waals surface area contributed by atoms with Crippen molar-refractivity contribution in [3.8, 4) is 11.5 Å². The van der Waals surface area contributed by atoms with E-state index in [1.807, 2.05) is 0 Å². The van der Waals surface area contributed by atoms with E-state index in [2.05, 4.69) is 0 Å². The zero-order valence-corrected chi connectivity index (χ0v) is 12.3. The summed E-state index contributed by atoms with van der Waals surface area (Å²) in [7, 11) is 0. The van der Waals surface area contributed by atoms with Crippen LogP contribution in [0.2, 0.25) is 0 Å². The van der Waals surface area contributed by atoms with Gasteiger partial charge in [0.25, 0.3) is 0 Å². The van der Waals surface area contributed by atoms with Crippen molar-refractivity contribution in [2.24, 2.45) is 11.8 Å². The number of carboxylic acids is 2. The van der Waals surface area contributed by atoms with Gasteiger partial charge in [-0.25, -0.2) is 0 Å². The van der Waals surface area contributed by atoms with Crippen LogP contribution < -0.4 is 9.47 Å². The van der Waals surface area contributed by atoms with Gasteiger partial charge in [0.15, 0.2) is 0 Å². The largest absolute Gasteiger partial charge is 0.493 e. The number of carbonyl (C=O) groups is 3.